The van der Waals surface area contributed by atoms with Gasteiger partial charge in [0.2, 0.25) is 11.8 Å². The standard InChI is InChI=1S/C25H32N4O4/c1-15(2)21(28-23(30)16(3)26-4)25(32)29-14-17-10-6-7-11-18(17)22(29)24(31)27-19-12-8-9-13-20(19)33-5/h6-13,15-16,21-22,26H,14H2,1-5H3,(H,27,31)(H,28,30). The molecule has 3 amide bonds. The predicted molar refractivity (Wildman–Crippen MR) is 127 cm³/mol. The highest BCUT2D eigenvalue weighted by Gasteiger charge is 2.42. The van der Waals surface area contributed by atoms with E-state index < -0.39 is 18.1 Å². The zero-order valence-electron chi connectivity index (χ0n) is 19.7. The maximum atomic E-state index is 13.7. The highest BCUT2D eigenvalue weighted by atomic mass is 16.5. The molecule has 0 saturated carbocycles. The first-order valence-corrected chi connectivity index (χ1v) is 11.1. The molecular formula is C25H32N4O4. The summed E-state index contributed by atoms with van der Waals surface area (Å²) in [6, 6.07) is 12.6. The van der Waals surface area contributed by atoms with E-state index in [1.54, 1.807) is 37.1 Å². The number of fused-ring (bicyclic) bond motifs is 1. The number of methoxy groups -OCH3 is 1. The monoisotopic (exact) mass is 452 g/mol. The van der Waals surface area contributed by atoms with E-state index in [9.17, 15) is 14.4 Å². The van der Waals surface area contributed by atoms with E-state index in [0.717, 1.165) is 11.1 Å². The van der Waals surface area contributed by atoms with Crippen molar-refractivity contribution in [2.75, 3.05) is 19.5 Å². The molecule has 1 aliphatic rings. The lowest BCUT2D eigenvalue weighted by Crippen LogP contribution is -2.55. The van der Waals surface area contributed by atoms with Crippen LogP contribution in [0.4, 0.5) is 5.69 Å². The molecule has 8 nitrogen and oxygen atoms in total. The number of hydrogen-bond donors (Lipinski definition) is 3. The Morgan fingerprint density at radius 1 is 1.03 bits per heavy atom. The molecule has 1 aliphatic heterocycles. The summed E-state index contributed by atoms with van der Waals surface area (Å²) in [6.45, 7) is 5.77. The third kappa shape index (κ3) is 5.17. The molecule has 0 spiro atoms. The number of nitrogens with one attached hydrogen (secondary N) is 3. The van der Waals surface area contributed by atoms with Crippen LogP contribution in [-0.4, -0.2) is 48.9 Å². The van der Waals surface area contributed by atoms with Gasteiger partial charge in [-0.1, -0.05) is 50.2 Å². The van der Waals surface area contributed by atoms with Crippen LogP contribution in [0.15, 0.2) is 48.5 Å². The first-order valence-electron chi connectivity index (χ1n) is 11.1. The predicted octanol–water partition coefficient (Wildman–Crippen LogP) is 2.47. The van der Waals surface area contributed by atoms with Crippen molar-refractivity contribution in [3.63, 3.8) is 0 Å². The number of amides is 3. The summed E-state index contributed by atoms with van der Waals surface area (Å²) in [7, 11) is 3.22. The number of carbonyl (C=O) groups is 3. The van der Waals surface area contributed by atoms with Gasteiger partial charge >= 0.3 is 0 Å². The van der Waals surface area contributed by atoms with Crippen LogP contribution in [0.3, 0.4) is 0 Å². The van der Waals surface area contributed by atoms with Gasteiger partial charge in [-0.25, -0.2) is 0 Å². The van der Waals surface area contributed by atoms with Crippen LogP contribution < -0.4 is 20.7 Å². The number of benzene rings is 2. The Labute approximate surface area is 194 Å². The third-order valence-electron chi connectivity index (χ3n) is 5.96. The Morgan fingerprint density at radius 2 is 1.70 bits per heavy atom. The third-order valence-corrected chi connectivity index (χ3v) is 5.96. The fourth-order valence-corrected chi connectivity index (χ4v) is 3.93. The summed E-state index contributed by atoms with van der Waals surface area (Å²) in [5, 5.41) is 8.65. The molecular weight excluding hydrogens is 420 g/mol. The molecule has 2 aromatic rings. The van der Waals surface area contributed by atoms with Crippen molar-refractivity contribution in [1.29, 1.82) is 0 Å². The first kappa shape index (κ1) is 24.3. The number of rotatable bonds is 8. The molecule has 1 heterocycles. The van der Waals surface area contributed by atoms with Gasteiger partial charge in [-0.2, -0.15) is 0 Å². The second kappa shape index (κ2) is 10.5. The fourth-order valence-electron chi connectivity index (χ4n) is 3.93. The highest BCUT2D eigenvalue weighted by Crippen LogP contribution is 2.36. The average Bonchev–Trinajstić information content (AvgIpc) is 3.21. The first-order chi connectivity index (χ1) is 15.8. The summed E-state index contributed by atoms with van der Waals surface area (Å²) >= 11 is 0. The van der Waals surface area contributed by atoms with Gasteiger partial charge in [0.05, 0.1) is 18.8 Å². The van der Waals surface area contributed by atoms with Gasteiger partial charge in [0.15, 0.2) is 0 Å². The van der Waals surface area contributed by atoms with Crippen LogP contribution in [0, 0.1) is 5.92 Å². The highest BCUT2D eigenvalue weighted by molar-refractivity contribution is 6.01. The van der Waals surface area contributed by atoms with Gasteiger partial charge in [-0.05, 0) is 43.1 Å². The van der Waals surface area contributed by atoms with Gasteiger partial charge in [-0.3, -0.25) is 14.4 Å². The number of carbonyl (C=O) groups excluding carboxylic acids is 3. The Balaban J connectivity index is 1.91. The molecule has 0 fully saturated rings. The lowest BCUT2D eigenvalue weighted by Gasteiger charge is -2.31. The number of nitrogens with zero attached hydrogens (tertiary/aromatic N) is 1. The molecule has 176 valence electrons. The molecule has 3 atom stereocenters. The van der Waals surface area contributed by atoms with Gasteiger partial charge < -0.3 is 25.6 Å². The molecule has 0 saturated heterocycles. The zero-order valence-corrected chi connectivity index (χ0v) is 19.7. The van der Waals surface area contributed by atoms with Crippen molar-refractivity contribution in [1.82, 2.24) is 15.5 Å². The van der Waals surface area contributed by atoms with Gasteiger partial charge in [-0.15, -0.1) is 0 Å². The van der Waals surface area contributed by atoms with E-state index in [0.29, 0.717) is 18.0 Å². The number of anilines is 1. The van der Waals surface area contributed by atoms with Crippen molar-refractivity contribution >= 4 is 23.4 Å². The molecule has 0 radical (unpaired) electrons. The second-order valence-electron chi connectivity index (χ2n) is 8.50. The fraction of sp³-hybridized carbons (Fsp3) is 0.400. The SMILES string of the molecule is CNC(C)C(=O)NC(C(=O)N1Cc2ccccc2C1C(=O)Nc1ccccc1OC)C(C)C. The van der Waals surface area contributed by atoms with E-state index in [1.807, 2.05) is 44.2 Å². The Bertz CT molecular complexity index is 1020. The number of para-hydroxylation sites is 2. The molecule has 33 heavy (non-hydrogen) atoms. The second-order valence-corrected chi connectivity index (χ2v) is 8.50. The van der Waals surface area contributed by atoms with Crippen LogP contribution in [0.2, 0.25) is 0 Å². The quantitative estimate of drug-likeness (QED) is 0.571. The van der Waals surface area contributed by atoms with Crippen molar-refractivity contribution in [3.8, 4) is 5.75 Å². The maximum Gasteiger partial charge on any atom is 0.251 e. The smallest absolute Gasteiger partial charge is 0.251 e. The molecule has 0 aliphatic carbocycles. The summed E-state index contributed by atoms with van der Waals surface area (Å²) in [5.74, 6) is -0.528. The Morgan fingerprint density at radius 3 is 2.36 bits per heavy atom. The minimum atomic E-state index is -0.821. The lowest BCUT2D eigenvalue weighted by atomic mass is 10.0. The van der Waals surface area contributed by atoms with Crippen molar-refractivity contribution in [2.24, 2.45) is 5.92 Å². The molecule has 0 aromatic heterocycles. The van der Waals surface area contributed by atoms with Crippen molar-refractivity contribution in [3.05, 3.63) is 59.7 Å². The van der Waals surface area contributed by atoms with E-state index in [1.165, 1.54) is 7.11 Å². The van der Waals surface area contributed by atoms with Gasteiger partial charge in [0.25, 0.3) is 5.91 Å². The van der Waals surface area contributed by atoms with E-state index in [-0.39, 0.29) is 23.6 Å². The average molecular weight is 453 g/mol. The topological polar surface area (TPSA) is 99.8 Å². The van der Waals surface area contributed by atoms with Crippen LogP contribution in [-0.2, 0) is 20.9 Å². The van der Waals surface area contributed by atoms with Gasteiger partial charge in [0.1, 0.15) is 17.8 Å². The largest absolute Gasteiger partial charge is 0.495 e. The Kier molecular flexibility index (Phi) is 7.71. The minimum absolute atomic E-state index is 0.160. The van der Waals surface area contributed by atoms with Crippen LogP contribution in [0.5, 0.6) is 5.75 Å². The maximum absolute atomic E-state index is 13.7. The number of ether oxygens (including phenoxy) is 1. The van der Waals surface area contributed by atoms with Gasteiger partial charge in [0, 0.05) is 6.54 Å². The van der Waals surface area contributed by atoms with Crippen LogP contribution in [0.25, 0.3) is 0 Å². The molecule has 8 heteroatoms. The van der Waals surface area contributed by atoms with Crippen molar-refractivity contribution < 1.29 is 19.1 Å². The normalized spacial score (nSPS) is 16.7. The Hall–Kier alpha value is -3.39. The van der Waals surface area contributed by atoms with Crippen LogP contribution >= 0.6 is 0 Å². The summed E-state index contributed by atoms with van der Waals surface area (Å²) < 4.78 is 5.35. The summed E-state index contributed by atoms with van der Waals surface area (Å²) in [6.07, 6.45) is 0. The lowest BCUT2D eigenvalue weighted by molar-refractivity contribution is -0.143. The van der Waals surface area contributed by atoms with E-state index in [2.05, 4.69) is 16.0 Å². The van der Waals surface area contributed by atoms with Crippen LogP contribution in [0.1, 0.15) is 37.9 Å². The minimum Gasteiger partial charge on any atom is -0.495 e. The molecule has 0 bridgehead atoms. The molecule has 3 rings (SSSR count). The van der Waals surface area contributed by atoms with E-state index >= 15 is 0 Å². The molecule has 3 unspecified atom stereocenters. The summed E-state index contributed by atoms with van der Waals surface area (Å²) in [5.41, 5.74) is 2.21. The van der Waals surface area contributed by atoms with E-state index in [4.69, 9.17) is 4.74 Å². The number of hydrogen-bond acceptors (Lipinski definition) is 5. The summed E-state index contributed by atoms with van der Waals surface area (Å²) in [4.78, 5) is 41.2. The zero-order chi connectivity index (χ0) is 24.1. The van der Waals surface area contributed by atoms with Crippen molar-refractivity contribution in [2.45, 2.75) is 45.4 Å². The molecule has 3 N–H and O–H groups in total. The molecule has 2 aromatic carbocycles. The number of likely N-dealkylation sites (N-methyl/N-ethyl adjacent to an activating group) is 1.